The van der Waals surface area contributed by atoms with Crippen molar-refractivity contribution in [1.82, 2.24) is 0 Å². The summed E-state index contributed by atoms with van der Waals surface area (Å²) in [6, 6.07) is 12.5. The van der Waals surface area contributed by atoms with Crippen molar-refractivity contribution in [1.29, 1.82) is 5.26 Å². The number of carbonyl (C=O) groups is 1. The standard InChI is InChI=1S/C24H29ClN2O4/c1-5-30-20-9-7-19(8-10-20)27(13-6-12-26)24(28)18-15-21(25)23(22(16-18)29-4)31-14-11-17(2)3/h7-10,15-17H,5-6,11,13-14H2,1-4H3. The predicted molar refractivity (Wildman–Crippen MR) is 122 cm³/mol. The van der Waals surface area contributed by atoms with E-state index in [4.69, 9.17) is 31.1 Å². The summed E-state index contributed by atoms with van der Waals surface area (Å²) < 4.78 is 16.7. The lowest BCUT2D eigenvalue weighted by Crippen LogP contribution is -2.31. The third-order valence-electron chi connectivity index (χ3n) is 4.57. The number of hydrogen-bond acceptors (Lipinski definition) is 5. The first-order chi connectivity index (χ1) is 14.9. The van der Waals surface area contributed by atoms with Gasteiger partial charge in [0.15, 0.2) is 11.5 Å². The summed E-state index contributed by atoms with van der Waals surface area (Å²) in [5.74, 6) is 1.74. The molecule has 0 aliphatic heterocycles. The molecule has 31 heavy (non-hydrogen) atoms. The fraction of sp³-hybridized carbons (Fsp3) is 0.417. The number of benzene rings is 2. The Kier molecular flexibility index (Phi) is 9.48. The molecule has 0 spiro atoms. The second kappa shape index (κ2) is 12.1. The van der Waals surface area contributed by atoms with Crippen LogP contribution in [-0.4, -0.2) is 32.8 Å². The molecule has 6 nitrogen and oxygen atoms in total. The van der Waals surface area contributed by atoms with E-state index >= 15 is 0 Å². The summed E-state index contributed by atoms with van der Waals surface area (Å²) in [5, 5.41) is 9.35. The fourth-order valence-corrected chi connectivity index (χ4v) is 3.20. The van der Waals surface area contributed by atoms with Gasteiger partial charge in [0, 0.05) is 17.8 Å². The Bertz CT molecular complexity index is 907. The molecule has 2 aromatic rings. The van der Waals surface area contributed by atoms with Gasteiger partial charge < -0.3 is 19.1 Å². The van der Waals surface area contributed by atoms with Gasteiger partial charge >= 0.3 is 0 Å². The largest absolute Gasteiger partial charge is 0.494 e. The minimum Gasteiger partial charge on any atom is -0.494 e. The molecular weight excluding hydrogens is 416 g/mol. The first-order valence-electron chi connectivity index (χ1n) is 10.3. The zero-order valence-electron chi connectivity index (χ0n) is 18.5. The molecule has 0 aliphatic rings. The van der Waals surface area contributed by atoms with E-state index in [9.17, 15) is 4.79 Å². The number of ether oxygens (including phenoxy) is 3. The average Bonchev–Trinajstić information content (AvgIpc) is 2.75. The maximum absolute atomic E-state index is 13.3. The van der Waals surface area contributed by atoms with Crippen LogP contribution in [0, 0.1) is 17.2 Å². The highest BCUT2D eigenvalue weighted by Gasteiger charge is 2.22. The molecule has 0 aromatic heterocycles. The molecule has 0 unspecified atom stereocenters. The summed E-state index contributed by atoms with van der Waals surface area (Å²) in [7, 11) is 1.51. The van der Waals surface area contributed by atoms with Gasteiger partial charge in [-0.3, -0.25) is 4.79 Å². The molecule has 0 radical (unpaired) electrons. The van der Waals surface area contributed by atoms with Gasteiger partial charge in [0.25, 0.3) is 5.91 Å². The highest BCUT2D eigenvalue weighted by atomic mass is 35.5. The number of methoxy groups -OCH3 is 1. The molecule has 0 bridgehead atoms. The molecule has 0 heterocycles. The molecule has 0 atom stereocenters. The van der Waals surface area contributed by atoms with Gasteiger partial charge in [-0.25, -0.2) is 0 Å². The number of halogens is 1. The fourth-order valence-electron chi connectivity index (χ4n) is 2.93. The first-order valence-corrected chi connectivity index (χ1v) is 10.7. The minimum absolute atomic E-state index is 0.195. The number of anilines is 1. The molecule has 1 amide bonds. The molecule has 0 saturated heterocycles. The summed E-state index contributed by atoms with van der Waals surface area (Å²) in [5.41, 5.74) is 1.01. The Morgan fingerprint density at radius 3 is 2.48 bits per heavy atom. The van der Waals surface area contributed by atoms with Crippen molar-refractivity contribution in [3.63, 3.8) is 0 Å². The second-order valence-corrected chi connectivity index (χ2v) is 7.72. The minimum atomic E-state index is -0.284. The molecule has 0 aliphatic carbocycles. The van der Waals surface area contributed by atoms with Crippen LogP contribution in [0.5, 0.6) is 17.2 Å². The molecule has 2 rings (SSSR count). The Balaban J connectivity index is 2.33. The first kappa shape index (κ1) is 24.4. The van der Waals surface area contributed by atoms with E-state index in [0.717, 1.165) is 6.42 Å². The smallest absolute Gasteiger partial charge is 0.258 e. The van der Waals surface area contributed by atoms with E-state index in [1.54, 1.807) is 41.3 Å². The Morgan fingerprint density at radius 1 is 1.19 bits per heavy atom. The van der Waals surface area contributed by atoms with Crippen LogP contribution < -0.4 is 19.1 Å². The van der Waals surface area contributed by atoms with E-state index in [-0.39, 0.29) is 18.9 Å². The molecular formula is C24H29ClN2O4. The van der Waals surface area contributed by atoms with Crippen molar-refractivity contribution in [3.8, 4) is 23.3 Å². The predicted octanol–water partition coefficient (Wildman–Crippen LogP) is 5.73. The van der Waals surface area contributed by atoms with Gasteiger partial charge in [-0.05, 0) is 55.7 Å². The number of rotatable bonds is 11. The monoisotopic (exact) mass is 444 g/mol. The van der Waals surface area contributed by atoms with Gasteiger partial charge in [-0.2, -0.15) is 5.26 Å². The van der Waals surface area contributed by atoms with E-state index < -0.39 is 0 Å². The lowest BCUT2D eigenvalue weighted by molar-refractivity contribution is 0.0987. The van der Waals surface area contributed by atoms with Crippen molar-refractivity contribution in [2.24, 2.45) is 5.92 Å². The maximum atomic E-state index is 13.3. The van der Waals surface area contributed by atoms with E-state index in [0.29, 0.717) is 52.7 Å². The van der Waals surface area contributed by atoms with Gasteiger partial charge in [0.1, 0.15) is 5.75 Å². The zero-order chi connectivity index (χ0) is 22.8. The van der Waals surface area contributed by atoms with Crippen molar-refractivity contribution in [3.05, 3.63) is 47.0 Å². The number of carbonyl (C=O) groups excluding carboxylic acids is 1. The van der Waals surface area contributed by atoms with Gasteiger partial charge in [-0.1, -0.05) is 25.4 Å². The van der Waals surface area contributed by atoms with Crippen LogP contribution >= 0.6 is 11.6 Å². The van der Waals surface area contributed by atoms with Crippen molar-refractivity contribution < 1.29 is 19.0 Å². The van der Waals surface area contributed by atoms with Crippen molar-refractivity contribution >= 4 is 23.2 Å². The Labute approximate surface area is 189 Å². The maximum Gasteiger partial charge on any atom is 0.258 e. The summed E-state index contributed by atoms with van der Waals surface area (Å²) >= 11 is 6.44. The Morgan fingerprint density at radius 2 is 1.90 bits per heavy atom. The van der Waals surface area contributed by atoms with Crippen molar-refractivity contribution in [2.45, 2.75) is 33.6 Å². The molecule has 0 fully saturated rings. The SMILES string of the molecule is CCOc1ccc(N(CCC#N)C(=O)c2cc(Cl)c(OCCC(C)C)c(OC)c2)cc1. The molecule has 0 N–H and O–H groups in total. The van der Waals surface area contributed by atoms with Crippen LogP contribution in [0.2, 0.25) is 5.02 Å². The second-order valence-electron chi connectivity index (χ2n) is 7.31. The van der Waals surface area contributed by atoms with Gasteiger partial charge in [0.2, 0.25) is 0 Å². The Hall–Kier alpha value is -2.91. The van der Waals surface area contributed by atoms with Crippen LogP contribution in [0.4, 0.5) is 5.69 Å². The van der Waals surface area contributed by atoms with Crippen LogP contribution in [-0.2, 0) is 0 Å². The summed E-state index contributed by atoms with van der Waals surface area (Å²) in [6.45, 7) is 7.43. The zero-order valence-corrected chi connectivity index (χ0v) is 19.2. The summed E-state index contributed by atoms with van der Waals surface area (Å²) in [6.07, 6.45) is 1.07. The van der Waals surface area contributed by atoms with Gasteiger partial charge in [0.05, 0.1) is 37.8 Å². The molecule has 2 aromatic carbocycles. The van der Waals surface area contributed by atoms with E-state index in [1.165, 1.54) is 7.11 Å². The van der Waals surface area contributed by atoms with Crippen molar-refractivity contribution in [2.75, 3.05) is 31.8 Å². The van der Waals surface area contributed by atoms with Gasteiger partial charge in [-0.15, -0.1) is 0 Å². The van der Waals surface area contributed by atoms with E-state index in [2.05, 4.69) is 19.9 Å². The van der Waals surface area contributed by atoms with Crippen LogP contribution in [0.1, 0.15) is 44.0 Å². The third-order valence-corrected chi connectivity index (χ3v) is 4.85. The highest BCUT2D eigenvalue weighted by molar-refractivity contribution is 6.32. The lowest BCUT2D eigenvalue weighted by Gasteiger charge is -2.23. The number of nitriles is 1. The number of nitrogens with zero attached hydrogens (tertiary/aromatic N) is 2. The lowest BCUT2D eigenvalue weighted by atomic mass is 10.1. The third kappa shape index (κ3) is 6.80. The highest BCUT2D eigenvalue weighted by Crippen LogP contribution is 2.37. The topological polar surface area (TPSA) is 71.8 Å². The molecule has 7 heteroatoms. The van der Waals surface area contributed by atoms with Crippen LogP contribution in [0.3, 0.4) is 0 Å². The average molecular weight is 445 g/mol. The molecule has 0 saturated carbocycles. The van der Waals surface area contributed by atoms with Crippen LogP contribution in [0.25, 0.3) is 0 Å². The quantitative estimate of drug-likeness (QED) is 0.442. The van der Waals surface area contributed by atoms with E-state index in [1.807, 2.05) is 6.92 Å². The molecule has 166 valence electrons. The number of amides is 1. The van der Waals surface area contributed by atoms with Crippen LogP contribution in [0.15, 0.2) is 36.4 Å². The normalized spacial score (nSPS) is 10.5. The summed E-state index contributed by atoms with van der Waals surface area (Å²) in [4.78, 5) is 14.9. The number of hydrogen-bond donors (Lipinski definition) is 0.